The number of ketones is 1. The van der Waals surface area contributed by atoms with Gasteiger partial charge in [0.1, 0.15) is 0 Å². The van der Waals surface area contributed by atoms with Gasteiger partial charge in [-0.15, -0.1) is 0 Å². The molecule has 0 fully saturated rings. The molecule has 0 heterocycles. The van der Waals surface area contributed by atoms with Crippen molar-refractivity contribution in [3.05, 3.63) is 22.3 Å². The molecule has 0 saturated carbocycles. The number of allylic oxidation sites excluding steroid dienone is 4. The predicted molar refractivity (Wildman–Crippen MR) is 78.4 cm³/mol. The van der Waals surface area contributed by atoms with Gasteiger partial charge in [-0.1, -0.05) is 52.7 Å². The average Bonchev–Trinajstić information content (AvgIpc) is 2.51. The number of Topliss-reactive ketones (excluding diaryl/α,β-unsaturated/α-hetero) is 1. The monoisotopic (exact) mass is 248 g/mol. The van der Waals surface area contributed by atoms with Crippen LogP contribution >= 0.6 is 0 Å². The maximum absolute atomic E-state index is 12.7. The fourth-order valence-corrected chi connectivity index (χ4v) is 3.21. The van der Waals surface area contributed by atoms with Crippen molar-refractivity contribution in [2.24, 2.45) is 23.7 Å². The van der Waals surface area contributed by atoms with Gasteiger partial charge < -0.3 is 0 Å². The first kappa shape index (κ1) is 15.2. The first-order chi connectivity index (χ1) is 8.20. The van der Waals surface area contributed by atoms with E-state index >= 15 is 0 Å². The SMILES string of the molecule is CC(C)=C1C(=O)C(C(C)C)C(C(C)C)=C1C(C)C. The summed E-state index contributed by atoms with van der Waals surface area (Å²) in [7, 11) is 0. The molecule has 1 heteroatoms. The average molecular weight is 248 g/mol. The number of carbonyl (C=O) groups is 1. The van der Waals surface area contributed by atoms with Gasteiger partial charge in [0.2, 0.25) is 0 Å². The van der Waals surface area contributed by atoms with Crippen LogP contribution in [-0.2, 0) is 4.79 Å². The Balaban J connectivity index is 3.55. The first-order valence-corrected chi connectivity index (χ1v) is 7.16. The fraction of sp³-hybridized carbons (Fsp3) is 0.706. The quantitative estimate of drug-likeness (QED) is 0.656. The zero-order valence-electron chi connectivity index (χ0n) is 13.2. The highest BCUT2D eigenvalue weighted by Gasteiger charge is 2.41. The standard InChI is InChI=1S/C17H28O/c1-9(2)13-14(10(3)4)16(12(7)8)17(18)15(13)11(5)6/h9-11,15H,1-8H3. The van der Waals surface area contributed by atoms with Crippen molar-refractivity contribution in [2.75, 3.05) is 0 Å². The van der Waals surface area contributed by atoms with Crippen LogP contribution in [0.1, 0.15) is 55.4 Å². The van der Waals surface area contributed by atoms with E-state index in [-0.39, 0.29) is 5.92 Å². The minimum atomic E-state index is 0.104. The lowest BCUT2D eigenvalue weighted by molar-refractivity contribution is -0.118. The zero-order valence-corrected chi connectivity index (χ0v) is 13.2. The van der Waals surface area contributed by atoms with Crippen LogP contribution in [-0.4, -0.2) is 5.78 Å². The zero-order chi connectivity index (χ0) is 14.2. The maximum Gasteiger partial charge on any atom is 0.170 e. The largest absolute Gasteiger partial charge is 0.293 e. The Morgan fingerprint density at radius 2 is 1.44 bits per heavy atom. The molecule has 0 spiro atoms. The van der Waals surface area contributed by atoms with E-state index in [2.05, 4.69) is 55.4 Å². The third kappa shape index (κ3) is 2.46. The predicted octanol–water partition coefficient (Wildman–Crippen LogP) is 4.79. The van der Waals surface area contributed by atoms with Crippen molar-refractivity contribution in [2.45, 2.75) is 55.4 Å². The van der Waals surface area contributed by atoms with Crippen molar-refractivity contribution in [1.82, 2.24) is 0 Å². The molecule has 0 bridgehead atoms. The van der Waals surface area contributed by atoms with Crippen molar-refractivity contribution in [3.8, 4) is 0 Å². The van der Waals surface area contributed by atoms with E-state index in [1.165, 1.54) is 16.7 Å². The maximum atomic E-state index is 12.7. The highest BCUT2D eigenvalue weighted by Crippen LogP contribution is 2.45. The van der Waals surface area contributed by atoms with Crippen LogP contribution in [0.2, 0.25) is 0 Å². The van der Waals surface area contributed by atoms with Crippen LogP contribution in [0.15, 0.2) is 22.3 Å². The summed E-state index contributed by atoms with van der Waals surface area (Å²) >= 11 is 0. The van der Waals surface area contributed by atoms with Gasteiger partial charge in [0.15, 0.2) is 5.78 Å². The third-order valence-corrected chi connectivity index (χ3v) is 3.81. The first-order valence-electron chi connectivity index (χ1n) is 7.16. The third-order valence-electron chi connectivity index (χ3n) is 3.81. The van der Waals surface area contributed by atoms with Gasteiger partial charge in [0.05, 0.1) is 0 Å². The van der Waals surface area contributed by atoms with Gasteiger partial charge in [0, 0.05) is 11.5 Å². The van der Waals surface area contributed by atoms with Crippen LogP contribution in [0.25, 0.3) is 0 Å². The molecule has 0 N–H and O–H groups in total. The van der Waals surface area contributed by atoms with Crippen LogP contribution in [0.4, 0.5) is 0 Å². The molecule has 18 heavy (non-hydrogen) atoms. The van der Waals surface area contributed by atoms with E-state index in [4.69, 9.17) is 0 Å². The second kappa shape index (κ2) is 5.42. The molecule has 0 aromatic carbocycles. The Kier molecular flexibility index (Phi) is 4.58. The van der Waals surface area contributed by atoms with Crippen LogP contribution in [0.3, 0.4) is 0 Å². The molecule has 1 unspecified atom stereocenters. The van der Waals surface area contributed by atoms with E-state index in [0.29, 0.717) is 23.5 Å². The molecular formula is C17H28O. The number of hydrogen-bond donors (Lipinski definition) is 0. The Bertz CT molecular complexity index is 401. The Hall–Kier alpha value is -0.850. The summed E-state index contributed by atoms with van der Waals surface area (Å²) < 4.78 is 0. The van der Waals surface area contributed by atoms with Crippen molar-refractivity contribution < 1.29 is 4.79 Å². The lowest BCUT2D eigenvalue weighted by Crippen LogP contribution is -2.20. The minimum absolute atomic E-state index is 0.104. The molecule has 1 rings (SSSR count). The molecule has 1 aliphatic rings. The molecule has 1 aliphatic carbocycles. The van der Waals surface area contributed by atoms with Crippen LogP contribution in [0, 0.1) is 23.7 Å². The summed E-state index contributed by atoms with van der Waals surface area (Å²) in [5, 5.41) is 0. The van der Waals surface area contributed by atoms with Crippen molar-refractivity contribution >= 4 is 5.78 Å². The van der Waals surface area contributed by atoms with E-state index in [1.807, 2.05) is 0 Å². The van der Waals surface area contributed by atoms with Crippen LogP contribution in [0.5, 0.6) is 0 Å². The molecule has 1 nitrogen and oxygen atoms in total. The van der Waals surface area contributed by atoms with Crippen molar-refractivity contribution in [3.63, 3.8) is 0 Å². The van der Waals surface area contributed by atoms with Crippen molar-refractivity contribution in [1.29, 1.82) is 0 Å². The van der Waals surface area contributed by atoms with Gasteiger partial charge in [-0.25, -0.2) is 0 Å². The molecule has 0 aliphatic heterocycles. The Morgan fingerprint density at radius 1 is 0.944 bits per heavy atom. The smallest absolute Gasteiger partial charge is 0.170 e. The van der Waals surface area contributed by atoms with Gasteiger partial charge >= 0.3 is 0 Å². The normalized spacial score (nSPS) is 20.9. The number of hydrogen-bond acceptors (Lipinski definition) is 1. The summed E-state index contributed by atoms with van der Waals surface area (Å²) in [4.78, 5) is 12.7. The van der Waals surface area contributed by atoms with E-state index in [1.54, 1.807) is 0 Å². The second-order valence-corrected chi connectivity index (χ2v) is 6.64. The lowest BCUT2D eigenvalue weighted by atomic mass is 9.82. The molecule has 0 aromatic rings. The summed E-state index contributed by atoms with van der Waals surface area (Å²) in [5.74, 6) is 1.74. The highest BCUT2D eigenvalue weighted by molar-refractivity contribution is 6.07. The summed E-state index contributed by atoms with van der Waals surface area (Å²) in [6.45, 7) is 17.3. The molecule has 0 saturated heterocycles. The van der Waals surface area contributed by atoms with E-state index in [9.17, 15) is 4.79 Å². The lowest BCUT2D eigenvalue weighted by Gasteiger charge is -2.21. The Morgan fingerprint density at radius 3 is 1.72 bits per heavy atom. The number of rotatable bonds is 3. The molecule has 0 amide bonds. The van der Waals surface area contributed by atoms with Crippen LogP contribution < -0.4 is 0 Å². The van der Waals surface area contributed by atoms with Gasteiger partial charge in [-0.05, 0) is 37.2 Å². The molecule has 102 valence electrons. The second-order valence-electron chi connectivity index (χ2n) is 6.64. The highest BCUT2D eigenvalue weighted by atomic mass is 16.1. The molecule has 0 radical (unpaired) electrons. The summed E-state index contributed by atoms with van der Waals surface area (Å²) in [6.07, 6.45) is 0. The molecular weight excluding hydrogens is 220 g/mol. The minimum Gasteiger partial charge on any atom is -0.293 e. The molecule has 0 aromatic heterocycles. The van der Waals surface area contributed by atoms with Gasteiger partial charge in [-0.3, -0.25) is 4.79 Å². The summed E-state index contributed by atoms with van der Waals surface area (Å²) in [6, 6.07) is 0. The van der Waals surface area contributed by atoms with E-state index in [0.717, 1.165) is 5.57 Å². The summed E-state index contributed by atoms with van der Waals surface area (Å²) in [5.41, 5.74) is 4.91. The van der Waals surface area contributed by atoms with E-state index < -0.39 is 0 Å². The molecule has 1 atom stereocenters. The van der Waals surface area contributed by atoms with Gasteiger partial charge in [-0.2, -0.15) is 0 Å². The topological polar surface area (TPSA) is 17.1 Å². The fourth-order valence-electron chi connectivity index (χ4n) is 3.21. The number of carbonyl (C=O) groups excluding carboxylic acids is 1. The van der Waals surface area contributed by atoms with Gasteiger partial charge in [0.25, 0.3) is 0 Å². The Labute approximate surface area is 112 Å².